The number of hydrogen-bond acceptors (Lipinski definition) is 4. The molecule has 0 aliphatic heterocycles. The zero-order valence-electron chi connectivity index (χ0n) is 16.2. The zero-order chi connectivity index (χ0) is 20.8. The first kappa shape index (κ1) is 20.7. The Bertz CT molecular complexity index is 988. The number of amides is 2. The highest BCUT2D eigenvalue weighted by Gasteiger charge is 2.26. The second-order valence-electron chi connectivity index (χ2n) is 6.96. The molecule has 5 nitrogen and oxygen atoms in total. The van der Waals surface area contributed by atoms with Gasteiger partial charge in [0.15, 0.2) is 5.13 Å². The lowest BCUT2D eigenvalue weighted by atomic mass is 10.0. The summed E-state index contributed by atoms with van der Waals surface area (Å²) in [5, 5.41) is 5.85. The monoisotopic (exact) mass is 411 g/mol. The van der Waals surface area contributed by atoms with Crippen LogP contribution in [0.4, 0.5) is 9.52 Å². The number of hydrogen-bond donors (Lipinski definition) is 2. The van der Waals surface area contributed by atoms with Crippen molar-refractivity contribution in [1.29, 1.82) is 0 Å². The molecule has 2 aromatic carbocycles. The summed E-state index contributed by atoms with van der Waals surface area (Å²) in [7, 11) is 0. The molecule has 0 bridgehead atoms. The van der Waals surface area contributed by atoms with E-state index in [1.165, 1.54) is 29.5 Å². The number of nitrogens with one attached hydrogen (secondary N) is 2. The van der Waals surface area contributed by atoms with Crippen molar-refractivity contribution in [2.75, 3.05) is 5.32 Å². The normalized spacial score (nSPS) is 11.9. The summed E-state index contributed by atoms with van der Waals surface area (Å²) < 4.78 is 13.9. The number of aromatic nitrogens is 1. The molecule has 3 aromatic rings. The molecular weight excluding hydrogens is 389 g/mol. The first-order valence-electron chi connectivity index (χ1n) is 9.29. The first-order valence-corrected chi connectivity index (χ1v) is 10.1. The molecule has 0 fully saturated rings. The predicted molar refractivity (Wildman–Crippen MR) is 112 cm³/mol. The van der Waals surface area contributed by atoms with Crippen molar-refractivity contribution in [3.8, 4) is 0 Å². The van der Waals surface area contributed by atoms with E-state index in [9.17, 15) is 14.0 Å². The fourth-order valence-corrected chi connectivity index (χ4v) is 3.68. The summed E-state index contributed by atoms with van der Waals surface area (Å²) in [6.45, 7) is 3.63. The van der Waals surface area contributed by atoms with E-state index in [2.05, 4.69) is 15.6 Å². The number of nitrogens with zero attached hydrogens (tertiary/aromatic N) is 1. The van der Waals surface area contributed by atoms with E-state index in [0.717, 1.165) is 16.9 Å². The lowest BCUT2D eigenvalue weighted by Gasteiger charge is -2.21. The minimum Gasteiger partial charge on any atom is -0.340 e. The van der Waals surface area contributed by atoms with Crippen molar-refractivity contribution < 1.29 is 14.0 Å². The van der Waals surface area contributed by atoms with Crippen molar-refractivity contribution in [1.82, 2.24) is 10.3 Å². The Kier molecular flexibility index (Phi) is 6.72. The molecule has 0 saturated heterocycles. The predicted octanol–water partition coefficient (Wildman–Crippen LogP) is 4.27. The molecule has 29 heavy (non-hydrogen) atoms. The summed E-state index contributed by atoms with van der Waals surface area (Å²) in [5.41, 5.74) is 1.07. The number of carbonyl (C=O) groups excluding carboxylic acids is 2. The molecule has 1 aromatic heterocycles. The van der Waals surface area contributed by atoms with Crippen LogP contribution < -0.4 is 10.6 Å². The number of halogens is 1. The summed E-state index contributed by atoms with van der Waals surface area (Å²) in [6, 6.07) is 14.8. The van der Waals surface area contributed by atoms with Gasteiger partial charge < -0.3 is 10.6 Å². The molecule has 7 heteroatoms. The summed E-state index contributed by atoms with van der Waals surface area (Å²) in [5.74, 6) is -1.82. The SMILES string of the molecule is CC(C)C(NC(=O)c1ccccc1F)C(=O)Nc1ncc(Cc2ccccc2)s1. The van der Waals surface area contributed by atoms with Crippen LogP contribution in [0.2, 0.25) is 0 Å². The molecule has 1 atom stereocenters. The van der Waals surface area contributed by atoms with E-state index in [0.29, 0.717) is 5.13 Å². The molecule has 0 spiro atoms. The minimum absolute atomic E-state index is 0.0923. The molecule has 1 unspecified atom stereocenters. The molecule has 3 rings (SSSR count). The molecule has 0 radical (unpaired) electrons. The number of thiazole rings is 1. The lowest BCUT2D eigenvalue weighted by Crippen LogP contribution is -2.47. The largest absolute Gasteiger partial charge is 0.340 e. The van der Waals surface area contributed by atoms with E-state index in [1.807, 2.05) is 44.2 Å². The van der Waals surface area contributed by atoms with E-state index in [4.69, 9.17) is 0 Å². The number of benzene rings is 2. The Morgan fingerprint density at radius 1 is 1.07 bits per heavy atom. The van der Waals surface area contributed by atoms with Gasteiger partial charge in [-0.3, -0.25) is 9.59 Å². The van der Waals surface area contributed by atoms with Gasteiger partial charge in [0.25, 0.3) is 5.91 Å². The zero-order valence-corrected chi connectivity index (χ0v) is 17.0. The minimum atomic E-state index is -0.816. The van der Waals surface area contributed by atoms with Gasteiger partial charge in [-0.1, -0.05) is 56.3 Å². The van der Waals surface area contributed by atoms with Gasteiger partial charge in [0.1, 0.15) is 11.9 Å². The average Bonchev–Trinajstić information content (AvgIpc) is 3.13. The van der Waals surface area contributed by atoms with Crippen LogP contribution in [0.15, 0.2) is 60.8 Å². The Balaban J connectivity index is 1.66. The molecule has 2 N–H and O–H groups in total. The highest BCUT2D eigenvalue weighted by Crippen LogP contribution is 2.22. The third-order valence-electron chi connectivity index (χ3n) is 4.36. The van der Waals surface area contributed by atoms with E-state index < -0.39 is 17.8 Å². The van der Waals surface area contributed by atoms with Crippen LogP contribution in [-0.2, 0) is 11.2 Å². The van der Waals surface area contributed by atoms with Crippen LogP contribution in [0, 0.1) is 11.7 Å². The summed E-state index contributed by atoms with van der Waals surface area (Å²) in [4.78, 5) is 30.4. The van der Waals surface area contributed by atoms with Gasteiger partial charge in [0, 0.05) is 17.5 Å². The molecule has 0 aliphatic carbocycles. The van der Waals surface area contributed by atoms with E-state index in [1.54, 1.807) is 12.3 Å². The highest BCUT2D eigenvalue weighted by molar-refractivity contribution is 7.15. The maximum absolute atomic E-state index is 13.9. The van der Waals surface area contributed by atoms with Gasteiger partial charge in [-0.25, -0.2) is 9.37 Å². The highest BCUT2D eigenvalue weighted by atomic mass is 32.1. The Morgan fingerprint density at radius 2 is 1.76 bits per heavy atom. The third kappa shape index (κ3) is 5.48. The summed E-state index contributed by atoms with van der Waals surface area (Å²) >= 11 is 1.39. The van der Waals surface area contributed by atoms with Crippen LogP contribution in [0.25, 0.3) is 0 Å². The number of rotatable bonds is 7. The van der Waals surface area contributed by atoms with Crippen molar-refractivity contribution in [3.05, 3.63) is 82.6 Å². The van der Waals surface area contributed by atoms with Gasteiger partial charge in [-0.15, -0.1) is 11.3 Å². The van der Waals surface area contributed by atoms with Gasteiger partial charge in [0.05, 0.1) is 5.56 Å². The lowest BCUT2D eigenvalue weighted by molar-refractivity contribution is -0.118. The maximum atomic E-state index is 13.9. The van der Waals surface area contributed by atoms with E-state index >= 15 is 0 Å². The molecule has 2 amide bonds. The first-order chi connectivity index (χ1) is 13.9. The fourth-order valence-electron chi connectivity index (χ4n) is 2.83. The molecular formula is C22H22FN3O2S. The second kappa shape index (κ2) is 9.43. The summed E-state index contributed by atoms with van der Waals surface area (Å²) in [6.07, 6.45) is 2.46. The van der Waals surface area contributed by atoms with E-state index in [-0.39, 0.29) is 17.4 Å². The Labute approximate surface area is 173 Å². The van der Waals surface area contributed by atoms with Gasteiger partial charge in [-0.05, 0) is 23.6 Å². The van der Waals surface area contributed by atoms with Crippen molar-refractivity contribution in [2.24, 2.45) is 5.92 Å². The van der Waals surface area contributed by atoms with Crippen LogP contribution >= 0.6 is 11.3 Å². The van der Waals surface area contributed by atoms with Crippen LogP contribution in [0.5, 0.6) is 0 Å². The van der Waals surface area contributed by atoms with Gasteiger partial charge in [-0.2, -0.15) is 0 Å². The molecule has 150 valence electrons. The quantitative estimate of drug-likeness (QED) is 0.610. The fraction of sp³-hybridized carbons (Fsp3) is 0.227. The van der Waals surface area contributed by atoms with Crippen LogP contribution in [-0.4, -0.2) is 22.8 Å². The average molecular weight is 412 g/mol. The smallest absolute Gasteiger partial charge is 0.254 e. The van der Waals surface area contributed by atoms with Gasteiger partial charge in [0.2, 0.25) is 5.91 Å². The molecule has 0 saturated carbocycles. The van der Waals surface area contributed by atoms with Crippen molar-refractivity contribution in [3.63, 3.8) is 0 Å². The number of anilines is 1. The Morgan fingerprint density at radius 3 is 2.45 bits per heavy atom. The topological polar surface area (TPSA) is 71.1 Å². The van der Waals surface area contributed by atoms with Gasteiger partial charge >= 0.3 is 0 Å². The third-order valence-corrected chi connectivity index (χ3v) is 5.27. The standard InChI is InChI=1S/C22H22FN3O2S/c1-14(2)19(25-20(27)17-10-6-7-11-18(17)23)21(28)26-22-24-13-16(29-22)12-15-8-4-3-5-9-15/h3-11,13-14,19H,12H2,1-2H3,(H,25,27)(H,24,26,28). The van der Waals surface area contributed by atoms with Crippen LogP contribution in [0.1, 0.15) is 34.6 Å². The Hall–Kier alpha value is -3.06. The maximum Gasteiger partial charge on any atom is 0.254 e. The van der Waals surface area contributed by atoms with Crippen LogP contribution in [0.3, 0.4) is 0 Å². The van der Waals surface area contributed by atoms with Crippen molar-refractivity contribution in [2.45, 2.75) is 26.3 Å². The molecule has 1 heterocycles. The number of carbonyl (C=O) groups is 2. The van der Waals surface area contributed by atoms with Crippen molar-refractivity contribution >= 4 is 28.3 Å². The second-order valence-corrected chi connectivity index (χ2v) is 8.07. The molecule has 0 aliphatic rings.